The number of carbonyl (C=O) groups excluding carboxylic acids is 1. The normalized spacial score (nSPS) is 17.0. The van der Waals surface area contributed by atoms with Crippen LogP contribution in [-0.4, -0.2) is 40.6 Å². The summed E-state index contributed by atoms with van der Waals surface area (Å²) in [6, 6.07) is 11.3. The maximum absolute atomic E-state index is 13.1. The van der Waals surface area contributed by atoms with Gasteiger partial charge in [-0.25, -0.2) is 9.37 Å². The van der Waals surface area contributed by atoms with E-state index in [9.17, 15) is 9.18 Å². The number of hydrogen-bond donors (Lipinski definition) is 0. The molecule has 1 atom stereocenters. The van der Waals surface area contributed by atoms with Crippen molar-refractivity contribution in [2.45, 2.75) is 20.0 Å². The molecule has 1 fully saturated rings. The summed E-state index contributed by atoms with van der Waals surface area (Å²) in [6.07, 6.45) is -0.335. The van der Waals surface area contributed by atoms with Crippen molar-refractivity contribution < 1.29 is 18.4 Å². The first-order chi connectivity index (χ1) is 13.5. The zero-order valence-corrected chi connectivity index (χ0v) is 15.7. The standard InChI is InChI=1S/C21H20FN3O3/c1-13-20(14(2)28-24-13)18-5-3-4-17(23-18)19-12-25(10-11-27-19)21(26)15-6-8-16(22)9-7-15/h3-9,19H,10-12H2,1-2H3/t19-/m1/s1. The molecule has 144 valence electrons. The summed E-state index contributed by atoms with van der Waals surface area (Å²) in [6.45, 7) is 5.00. The van der Waals surface area contributed by atoms with E-state index in [4.69, 9.17) is 14.2 Å². The molecule has 2 aromatic heterocycles. The molecule has 0 N–H and O–H groups in total. The number of aryl methyl sites for hydroxylation is 2. The van der Waals surface area contributed by atoms with Gasteiger partial charge in [-0.05, 0) is 50.2 Å². The van der Waals surface area contributed by atoms with Gasteiger partial charge in [0.15, 0.2) is 0 Å². The lowest BCUT2D eigenvalue weighted by Crippen LogP contribution is -2.42. The van der Waals surface area contributed by atoms with Crippen LogP contribution in [0.3, 0.4) is 0 Å². The summed E-state index contributed by atoms with van der Waals surface area (Å²) in [7, 11) is 0. The number of halogens is 1. The van der Waals surface area contributed by atoms with Crippen LogP contribution in [0.5, 0.6) is 0 Å². The minimum atomic E-state index is -0.364. The van der Waals surface area contributed by atoms with Crippen molar-refractivity contribution in [1.29, 1.82) is 0 Å². The van der Waals surface area contributed by atoms with Crippen molar-refractivity contribution in [3.63, 3.8) is 0 Å². The monoisotopic (exact) mass is 381 g/mol. The van der Waals surface area contributed by atoms with Gasteiger partial charge in [-0.15, -0.1) is 0 Å². The van der Waals surface area contributed by atoms with E-state index in [-0.39, 0.29) is 17.8 Å². The second-order valence-corrected chi connectivity index (χ2v) is 6.76. The summed E-state index contributed by atoms with van der Waals surface area (Å²) in [5, 5.41) is 3.98. The molecule has 0 spiro atoms. The first-order valence-corrected chi connectivity index (χ1v) is 9.09. The number of ether oxygens (including phenoxy) is 1. The molecule has 0 saturated carbocycles. The van der Waals surface area contributed by atoms with Gasteiger partial charge in [-0.3, -0.25) is 4.79 Å². The molecule has 7 heteroatoms. The second kappa shape index (κ2) is 7.52. The molecular formula is C21H20FN3O3. The van der Waals surface area contributed by atoms with Crippen LogP contribution in [0.4, 0.5) is 4.39 Å². The Labute approximate surface area is 161 Å². The van der Waals surface area contributed by atoms with E-state index < -0.39 is 0 Å². The maximum atomic E-state index is 13.1. The number of pyridine rings is 1. The third-order valence-corrected chi connectivity index (χ3v) is 4.83. The molecule has 1 saturated heterocycles. The number of benzene rings is 1. The molecule has 28 heavy (non-hydrogen) atoms. The van der Waals surface area contributed by atoms with Gasteiger partial charge >= 0.3 is 0 Å². The Morgan fingerprint density at radius 1 is 1.18 bits per heavy atom. The minimum absolute atomic E-state index is 0.143. The number of carbonyl (C=O) groups is 1. The Morgan fingerprint density at radius 2 is 1.96 bits per heavy atom. The van der Waals surface area contributed by atoms with Crippen LogP contribution >= 0.6 is 0 Å². The molecule has 0 aliphatic carbocycles. The third kappa shape index (κ3) is 3.53. The average Bonchev–Trinajstić information content (AvgIpc) is 3.06. The summed E-state index contributed by atoms with van der Waals surface area (Å²) in [4.78, 5) is 19.2. The molecule has 0 unspecified atom stereocenters. The van der Waals surface area contributed by atoms with Crippen molar-refractivity contribution >= 4 is 5.91 Å². The second-order valence-electron chi connectivity index (χ2n) is 6.76. The fourth-order valence-corrected chi connectivity index (χ4v) is 3.41. The molecule has 3 aromatic rings. The van der Waals surface area contributed by atoms with Gasteiger partial charge in [0.1, 0.15) is 17.7 Å². The highest BCUT2D eigenvalue weighted by Gasteiger charge is 2.27. The van der Waals surface area contributed by atoms with E-state index in [1.165, 1.54) is 24.3 Å². The van der Waals surface area contributed by atoms with Crippen molar-refractivity contribution in [2.75, 3.05) is 19.7 Å². The quantitative estimate of drug-likeness (QED) is 0.692. The van der Waals surface area contributed by atoms with E-state index in [0.717, 1.165) is 22.6 Å². The van der Waals surface area contributed by atoms with Crippen LogP contribution < -0.4 is 0 Å². The van der Waals surface area contributed by atoms with Crippen molar-refractivity contribution in [1.82, 2.24) is 15.0 Å². The Balaban J connectivity index is 1.56. The van der Waals surface area contributed by atoms with Gasteiger partial charge in [0, 0.05) is 12.1 Å². The highest BCUT2D eigenvalue weighted by Crippen LogP contribution is 2.28. The summed E-state index contributed by atoms with van der Waals surface area (Å²) >= 11 is 0. The first kappa shape index (κ1) is 18.3. The highest BCUT2D eigenvalue weighted by atomic mass is 19.1. The SMILES string of the molecule is Cc1noc(C)c1-c1cccc([C@H]2CN(C(=O)c3ccc(F)cc3)CCO2)n1. The molecule has 4 rings (SSSR count). The molecule has 1 aromatic carbocycles. The number of aromatic nitrogens is 2. The van der Waals surface area contributed by atoms with Gasteiger partial charge in [-0.2, -0.15) is 0 Å². The number of morpholine rings is 1. The summed E-state index contributed by atoms with van der Waals surface area (Å²) < 4.78 is 24.2. The van der Waals surface area contributed by atoms with E-state index in [1.807, 2.05) is 32.0 Å². The number of nitrogens with zero attached hydrogens (tertiary/aromatic N) is 3. The minimum Gasteiger partial charge on any atom is -0.368 e. The van der Waals surface area contributed by atoms with Gasteiger partial charge in [0.2, 0.25) is 0 Å². The highest BCUT2D eigenvalue weighted by molar-refractivity contribution is 5.94. The average molecular weight is 381 g/mol. The fourth-order valence-electron chi connectivity index (χ4n) is 3.41. The smallest absolute Gasteiger partial charge is 0.254 e. The maximum Gasteiger partial charge on any atom is 0.254 e. The van der Waals surface area contributed by atoms with E-state index in [0.29, 0.717) is 31.0 Å². The zero-order valence-electron chi connectivity index (χ0n) is 15.7. The van der Waals surface area contributed by atoms with Crippen molar-refractivity contribution in [3.8, 4) is 11.3 Å². The van der Waals surface area contributed by atoms with E-state index in [2.05, 4.69) is 5.16 Å². The lowest BCUT2D eigenvalue weighted by atomic mass is 10.1. The Kier molecular flexibility index (Phi) is 4.92. The molecule has 3 heterocycles. The lowest BCUT2D eigenvalue weighted by Gasteiger charge is -2.33. The largest absolute Gasteiger partial charge is 0.368 e. The molecular weight excluding hydrogens is 361 g/mol. The number of rotatable bonds is 3. The molecule has 0 bridgehead atoms. The topological polar surface area (TPSA) is 68.5 Å². The van der Waals surface area contributed by atoms with Crippen molar-refractivity contribution in [2.24, 2.45) is 0 Å². The number of hydrogen-bond acceptors (Lipinski definition) is 5. The lowest BCUT2D eigenvalue weighted by molar-refractivity contribution is -0.0246. The van der Waals surface area contributed by atoms with Gasteiger partial charge in [0.05, 0.1) is 35.8 Å². The molecule has 6 nitrogen and oxygen atoms in total. The fraction of sp³-hybridized carbons (Fsp3) is 0.286. The molecule has 1 amide bonds. The Hall–Kier alpha value is -3.06. The van der Waals surface area contributed by atoms with Crippen LogP contribution in [0.15, 0.2) is 47.0 Å². The van der Waals surface area contributed by atoms with Crippen LogP contribution in [0, 0.1) is 19.7 Å². The van der Waals surface area contributed by atoms with Crippen LogP contribution in [0.2, 0.25) is 0 Å². The van der Waals surface area contributed by atoms with E-state index in [1.54, 1.807) is 4.90 Å². The van der Waals surface area contributed by atoms with Crippen molar-refractivity contribution in [3.05, 3.63) is 71.0 Å². The first-order valence-electron chi connectivity index (χ1n) is 9.09. The molecule has 0 radical (unpaired) electrons. The predicted octanol–water partition coefficient (Wildman–Crippen LogP) is 3.71. The van der Waals surface area contributed by atoms with Crippen LogP contribution in [-0.2, 0) is 4.74 Å². The van der Waals surface area contributed by atoms with Crippen LogP contribution in [0.1, 0.15) is 33.6 Å². The third-order valence-electron chi connectivity index (χ3n) is 4.83. The molecule has 1 aliphatic rings. The van der Waals surface area contributed by atoms with Gasteiger partial charge in [-0.1, -0.05) is 11.2 Å². The Morgan fingerprint density at radius 3 is 2.68 bits per heavy atom. The summed E-state index contributed by atoms with van der Waals surface area (Å²) in [5.41, 5.74) is 3.62. The summed E-state index contributed by atoms with van der Waals surface area (Å²) in [5.74, 6) is 0.201. The molecule has 1 aliphatic heterocycles. The van der Waals surface area contributed by atoms with Gasteiger partial charge in [0.25, 0.3) is 5.91 Å². The zero-order chi connectivity index (χ0) is 19.7. The van der Waals surface area contributed by atoms with Gasteiger partial charge < -0.3 is 14.2 Å². The van der Waals surface area contributed by atoms with Crippen LogP contribution in [0.25, 0.3) is 11.3 Å². The van der Waals surface area contributed by atoms with E-state index >= 15 is 0 Å². The number of amides is 1. The Bertz CT molecular complexity index is 981. The predicted molar refractivity (Wildman–Crippen MR) is 100 cm³/mol.